The van der Waals surface area contributed by atoms with Crippen LogP contribution in [0.4, 0.5) is 4.39 Å². The topological polar surface area (TPSA) is 32.7 Å². The van der Waals surface area contributed by atoms with Crippen LogP contribution in [0.5, 0.6) is 0 Å². The van der Waals surface area contributed by atoms with Gasteiger partial charge in [0.1, 0.15) is 5.82 Å². The molecule has 1 aliphatic heterocycles. The van der Waals surface area contributed by atoms with E-state index in [1.54, 1.807) is 7.11 Å². The van der Waals surface area contributed by atoms with E-state index in [9.17, 15) is 9.50 Å². The van der Waals surface area contributed by atoms with Crippen molar-refractivity contribution in [1.29, 1.82) is 0 Å². The highest BCUT2D eigenvalue weighted by Gasteiger charge is 2.24. The molecule has 1 N–H and O–H groups in total. The fourth-order valence-electron chi connectivity index (χ4n) is 2.74. The number of likely N-dealkylation sites (tertiary alicyclic amines) is 1. The van der Waals surface area contributed by atoms with Gasteiger partial charge in [0.25, 0.3) is 0 Å². The number of methoxy groups -OCH3 is 1. The minimum atomic E-state index is -0.408. The van der Waals surface area contributed by atoms with Crippen molar-refractivity contribution in [3.63, 3.8) is 0 Å². The second-order valence-electron chi connectivity index (χ2n) is 5.35. The lowest BCUT2D eigenvalue weighted by Gasteiger charge is -2.19. The van der Waals surface area contributed by atoms with Crippen molar-refractivity contribution in [2.24, 2.45) is 5.92 Å². The van der Waals surface area contributed by atoms with E-state index in [0.29, 0.717) is 19.1 Å². The van der Waals surface area contributed by atoms with E-state index in [0.717, 1.165) is 25.9 Å². The van der Waals surface area contributed by atoms with Crippen molar-refractivity contribution < 1.29 is 14.2 Å². The second-order valence-corrected chi connectivity index (χ2v) is 5.35. The summed E-state index contributed by atoms with van der Waals surface area (Å²) in [5.74, 6) is 0.416. The van der Waals surface area contributed by atoms with Crippen LogP contribution in [0.15, 0.2) is 24.3 Å². The van der Waals surface area contributed by atoms with E-state index in [2.05, 4.69) is 4.90 Å². The van der Waals surface area contributed by atoms with Gasteiger partial charge in [-0.15, -0.1) is 0 Å². The Balaban J connectivity index is 1.77. The first-order valence-corrected chi connectivity index (χ1v) is 6.81. The summed E-state index contributed by atoms with van der Waals surface area (Å²) < 4.78 is 17.8. The Kier molecular flexibility index (Phi) is 5.31. The lowest BCUT2D eigenvalue weighted by molar-refractivity contribution is 0.0421. The maximum atomic E-state index is 12.8. The molecule has 3 nitrogen and oxygen atoms in total. The second kappa shape index (κ2) is 6.98. The zero-order valence-electron chi connectivity index (χ0n) is 11.4. The maximum Gasteiger partial charge on any atom is 0.123 e. The highest BCUT2D eigenvalue weighted by Crippen LogP contribution is 2.21. The van der Waals surface area contributed by atoms with Gasteiger partial charge in [0.05, 0.1) is 12.7 Å². The van der Waals surface area contributed by atoms with Crippen LogP contribution in [-0.2, 0) is 11.2 Å². The summed E-state index contributed by atoms with van der Waals surface area (Å²) in [5, 5.41) is 9.71. The van der Waals surface area contributed by atoms with Gasteiger partial charge in [-0.25, -0.2) is 4.39 Å². The van der Waals surface area contributed by atoms with Gasteiger partial charge in [0.15, 0.2) is 0 Å². The van der Waals surface area contributed by atoms with Crippen molar-refractivity contribution >= 4 is 0 Å². The average Bonchev–Trinajstić information content (AvgIpc) is 2.80. The summed E-state index contributed by atoms with van der Waals surface area (Å²) in [6.07, 6.45) is 1.71. The normalized spacial score (nSPS) is 21.7. The first kappa shape index (κ1) is 14.4. The van der Waals surface area contributed by atoms with Crippen molar-refractivity contribution in [3.05, 3.63) is 35.6 Å². The molecule has 1 fully saturated rings. The summed E-state index contributed by atoms with van der Waals surface area (Å²) in [6, 6.07) is 6.75. The van der Waals surface area contributed by atoms with Crippen molar-refractivity contribution in [1.82, 2.24) is 4.90 Å². The number of β-amino-alcohol motifs (C(OH)–C–C–N with tert-alkyl or cyclic N) is 1. The fourth-order valence-corrected chi connectivity index (χ4v) is 2.74. The molecule has 1 heterocycles. The molecule has 0 radical (unpaired) electrons. The molecule has 1 aromatic carbocycles. The van der Waals surface area contributed by atoms with Gasteiger partial charge in [0.2, 0.25) is 0 Å². The monoisotopic (exact) mass is 267 g/mol. The van der Waals surface area contributed by atoms with E-state index in [4.69, 9.17) is 4.74 Å². The van der Waals surface area contributed by atoms with Crippen LogP contribution in [0, 0.1) is 11.7 Å². The first-order valence-electron chi connectivity index (χ1n) is 6.81. The van der Waals surface area contributed by atoms with Crippen molar-refractivity contribution in [2.75, 3.05) is 33.4 Å². The summed E-state index contributed by atoms with van der Waals surface area (Å²) >= 11 is 0. The van der Waals surface area contributed by atoms with Gasteiger partial charge < -0.3 is 14.7 Å². The van der Waals surface area contributed by atoms with Gasteiger partial charge in [-0.05, 0) is 43.0 Å². The van der Waals surface area contributed by atoms with Crippen molar-refractivity contribution in [2.45, 2.75) is 18.9 Å². The van der Waals surface area contributed by atoms with E-state index >= 15 is 0 Å². The maximum absolute atomic E-state index is 12.8. The number of hydrogen-bond acceptors (Lipinski definition) is 3. The van der Waals surface area contributed by atoms with E-state index < -0.39 is 6.10 Å². The lowest BCUT2D eigenvalue weighted by atomic mass is 9.99. The summed E-state index contributed by atoms with van der Waals surface area (Å²) in [5.41, 5.74) is 1.19. The number of aliphatic hydroxyl groups is 1. The Hall–Kier alpha value is -0.970. The van der Waals surface area contributed by atoms with Crippen LogP contribution < -0.4 is 0 Å². The number of ether oxygens (including phenoxy) is 1. The molecule has 1 aromatic rings. The summed E-state index contributed by atoms with van der Waals surface area (Å²) in [7, 11) is 1.60. The Labute approximate surface area is 114 Å². The molecule has 0 amide bonds. The first-order chi connectivity index (χ1) is 9.17. The van der Waals surface area contributed by atoms with Gasteiger partial charge in [-0.1, -0.05) is 12.1 Å². The van der Waals surface area contributed by atoms with Crippen LogP contribution in [0.2, 0.25) is 0 Å². The molecule has 0 spiro atoms. The SMILES string of the molecule is COC[C@H](O)CN1CC[C@@H](Cc2ccc(F)cc2)C1. The smallest absolute Gasteiger partial charge is 0.123 e. The molecule has 0 bridgehead atoms. The Morgan fingerprint density at radius 3 is 2.84 bits per heavy atom. The fraction of sp³-hybridized carbons (Fsp3) is 0.600. The number of hydrogen-bond donors (Lipinski definition) is 1. The van der Waals surface area contributed by atoms with Crippen molar-refractivity contribution in [3.8, 4) is 0 Å². The van der Waals surface area contributed by atoms with Gasteiger partial charge in [-0.3, -0.25) is 0 Å². The Bertz CT molecular complexity index is 382. The van der Waals surface area contributed by atoms with Crippen LogP contribution >= 0.6 is 0 Å². The minimum absolute atomic E-state index is 0.181. The molecule has 19 heavy (non-hydrogen) atoms. The molecule has 2 rings (SSSR count). The highest BCUT2D eigenvalue weighted by molar-refractivity contribution is 5.16. The summed E-state index contributed by atoms with van der Waals surface area (Å²) in [6.45, 7) is 3.08. The standard InChI is InChI=1S/C15H22FNO2/c1-19-11-15(18)10-17-7-6-13(9-17)8-12-2-4-14(16)5-3-12/h2-5,13,15,18H,6-11H2,1H3/t13-,15+/m0/s1. The van der Waals surface area contributed by atoms with E-state index in [1.807, 2.05) is 12.1 Å². The predicted molar refractivity (Wildman–Crippen MR) is 72.5 cm³/mol. The van der Waals surface area contributed by atoms with Crippen LogP contribution in [0.25, 0.3) is 0 Å². The largest absolute Gasteiger partial charge is 0.389 e. The lowest BCUT2D eigenvalue weighted by Crippen LogP contribution is -2.33. The molecular formula is C15H22FNO2. The van der Waals surface area contributed by atoms with E-state index in [-0.39, 0.29) is 5.82 Å². The molecule has 0 saturated carbocycles. The molecule has 106 valence electrons. The molecular weight excluding hydrogens is 245 g/mol. The third-order valence-electron chi connectivity index (χ3n) is 3.64. The quantitative estimate of drug-likeness (QED) is 0.851. The van der Waals surface area contributed by atoms with Crippen LogP contribution in [0.1, 0.15) is 12.0 Å². The van der Waals surface area contributed by atoms with Gasteiger partial charge >= 0.3 is 0 Å². The summed E-state index contributed by atoms with van der Waals surface area (Å²) in [4.78, 5) is 2.28. The molecule has 1 saturated heterocycles. The van der Waals surface area contributed by atoms with Crippen LogP contribution in [-0.4, -0.2) is 49.5 Å². The minimum Gasteiger partial charge on any atom is -0.389 e. The molecule has 4 heteroatoms. The van der Waals surface area contributed by atoms with E-state index in [1.165, 1.54) is 17.7 Å². The third kappa shape index (κ3) is 4.56. The number of nitrogens with zero attached hydrogens (tertiary/aromatic N) is 1. The Morgan fingerprint density at radius 1 is 1.42 bits per heavy atom. The van der Waals surface area contributed by atoms with Gasteiger partial charge in [0, 0.05) is 20.2 Å². The Morgan fingerprint density at radius 2 is 2.16 bits per heavy atom. The highest BCUT2D eigenvalue weighted by atomic mass is 19.1. The zero-order valence-corrected chi connectivity index (χ0v) is 11.4. The molecule has 1 aliphatic rings. The predicted octanol–water partition coefficient (Wildman–Crippen LogP) is 1.70. The number of aliphatic hydroxyl groups excluding tert-OH is 1. The third-order valence-corrected chi connectivity index (χ3v) is 3.64. The number of halogens is 1. The van der Waals surface area contributed by atoms with Gasteiger partial charge in [-0.2, -0.15) is 0 Å². The molecule has 0 unspecified atom stereocenters. The zero-order chi connectivity index (χ0) is 13.7. The molecule has 0 aliphatic carbocycles. The number of rotatable bonds is 6. The molecule has 2 atom stereocenters. The number of benzene rings is 1. The average molecular weight is 267 g/mol. The molecule has 0 aromatic heterocycles. The van der Waals surface area contributed by atoms with Crippen LogP contribution in [0.3, 0.4) is 0 Å².